The average molecular weight is 282 g/mol. The van der Waals surface area contributed by atoms with E-state index in [0.717, 1.165) is 10.9 Å². The van der Waals surface area contributed by atoms with Crippen LogP contribution in [0.5, 0.6) is 0 Å². The minimum Gasteiger partial charge on any atom is -0.313 e. The van der Waals surface area contributed by atoms with Gasteiger partial charge in [0, 0.05) is 13.6 Å². The molecule has 0 unspecified atom stereocenters. The number of aromatic nitrogens is 4. The van der Waals surface area contributed by atoms with E-state index in [1.165, 1.54) is 4.57 Å². The Labute approximate surface area is 114 Å². The number of thioether (sulfide) groups is 1. The van der Waals surface area contributed by atoms with E-state index >= 15 is 0 Å². The molecule has 0 atom stereocenters. The van der Waals surface area contributed by atoms with Crippen LogP contribution in [-0.2, 0) is 13.6 Å². The van der Waals surface area contributed by atoms with Gasteiger partial charge in [0.25, 0.3) is 5.56 Å². The molecule has 0 saturated heterocycles. The lowest BCUT2D eigenvalue weighted by molar-refractivity contribution is 0.504. The van der Waals surface area contributed by atoms with E-state index in [1.54, 1.807) is 18.8 Å². The molecule has 0 fully saturated rings. The Morgan fingerprint density at radius 1 is 1.37 bits per heavy atom. The van der Waals surface area contributed by atoms with E-state index in [9.17, 15) is 9.59 Å². The van der Waals surface area contributed by atoms with Crippen molar-refractivity contribution in [3.05, 3.63) is 20.8 Å². The number of H-pyrrole nitrogens is 1. The van der Waals surface area contributed by atoms with Crippen LogP contribution in [0.1, 0.15) is 20.8 Å². The lowest BCUT2D eigenvalue weighted by atomic mass is 10.2. The standard InChI is InChI=1S/C12H18N4O2S/c1-5-19-12-13-9-8(16(12)6-7(2)3)10(17)14-11(18)15(9)4/h7H,5-6H2,1-4H3,(H,14,17,18). The quantitative estimate of drug-likeness (QED) is 0.855. The summed E-state index contributed by atoms with van der Waals surface area (Å²) in [4.78, 5) is 30.4. The van der Waals surface area contributed by atoms with Gasteiger partial charge in [0.05, 0.1) is 0 Å². The van der Waals surface area contributed by atoms with Crippen molar-refractivity contribution in [3.63, 3.8) is 0 Å². The number of fused-ring (bicyclic) bond motifs is 1. The number of aromatic amines is 1. The molecule has 2 heterocycles. The van der Waals surface area contributed by atoms with Crippen molar-refractivity contribution in [1.82, 2.24) is 19.1 Å². The molecule has 0 saturated carbocycles. The first-order valence-electron chi connectivity index (χ1n) is 6.28. The fourth-order valence-corrected chi connectivity index (χ4v) is 2.72. The zero-order valence-corrected chi connectivity index (χ0v) is 12.4. The smallest absolute Gasteiger partial charge is 0.313 e. The monoisotopic (exact) mass is 282 g/mol. The highest BCUT2D eigenvalue weighted by molar-refractivity contribution is 7.99. The summed E-state index contributed by atoms with van der Waals surface area (Å²) in [5, 5.41) is 0.790. The van der Waals surface area contributed by atoms with Crippen molar-refractivity contribution in [2.24, 2.45) is 13.0 Å². The molecule has 0 amide bonds. The molecule has 0 aliphatic rings. The summed E-state index contributed by atoms with van der Waals surface area (Å²) >= 11 is 1.58. The number of rotatable bonds is 4. The fourth-order valence-electron chi connectivity index (χ4n) is 1.99. The van der Waals surface area contributed by atoms with Gasteiger partial charge in [-0.05, 0) is 11.7 Å². The van der Waals surface area contributed by atoms with E-state index in [-0.39, 0.29) is 5.56 Å². The number of hydrogen-bond donors (Lipinski definition) is 1. The summed E-state index contributed by atoms with van der Waals surface area (Å²) in [6, 6.07) is 0. The highest BCUT2D eigenvalue weighted by atomic mass is 32.2. The van der Waals surface area contributed by atoms with E-state index in [1.807, 2.05) is 11.5 Å². The fraction of sp³-hybridized carbons (Fsp3) is 0.583. The van der Waals surface area contributed by atoms with Crippen molar-refractivity contribution in [2.45, 2.75) is 32.5 Å². The molecule has 0 aliphatic carbocycles. The van der Waals surface area contributed by atoms with Gasteiger partial charge in [0.15, 0.2) is 16.3 Å². The van der Waals surface area contributed by atoms with Crippen molar-refractivity contribution < 1.29 is 0 Å². The minimum absolute atomic E-state index is 0.366. The molecular weight excluding hydrogens is 264 g/mol. The third-order valence-corrected chi connectivity index (χ3v) is 3.65. The van der Waals surface area contributed by atoms with Gasteiger partial charge in [-0.25, -0.2) is 9.78 Å². The number of nitrogens with zero attached hydrogens (tertiary/aromatic N) is 3. The van der Waals surface area contributed by atoms with Crippen LogP contribution < -0.4 is 11.2 Å². The maximum atomic E-state index is 12.0. The molecule has 2 rings (SSSR count). The number of imidazole rings is 1. The topological polar surface area (TPSA) is 72.7 Å². The number of nitrogens with one attached hydrogen (secondary N) is 1. The van der Waals surface area contributed by atoms with Gasteiger partial charge < -0.3 is 4.57 Å². The Bertz CT molecular complexity index is 711. The van der Waals surface area contributed by atoms with Crippen LogP contribution in [0.15, 0.2) is 14.7 Å². The van der Waals surface area contributed by atoms with E-state index in [0.29, 0.717) is 23.6 Å². The Morgan fingerprint density at radius 2 is 2.05 bits per heavy atom. The maximum Gasteiger partial charge on any atom is 0.329 e. The van der Waals surface area contributed by atoms with Crippen molar-refractivity contribution in [3.8, 4) is 0 Å². The largest absolute Gasteiger partial charge is 0.329 e. The van der Waals surface area contributed by atoms with E-state index < -0.39 is 5.69 Å². The molecule has 7 heteroatoms. The normalized spacial score (nSPS) is 11.6. The Hall–Kier alpha value is -1.50. The molecule has 1 N–H and O–H groups in total. The molecular formula is C12H18N4O2S. The van der Waals surface area contributed by atoms with Crippen LogP contribution in [0.2, 0.25) is 0 Å². The predicted molar refractivity (Wildman–Crippen MR) is 76.8 cm³/mol. The first kappa shape index (κ1) is 13.9. The van der Waals surface area contributed by atoms with Gasteiger partial charge in [-0.3, -0.25) is 14.3 Å². The summed E-state index contributed by atoms with van der Waals surface area (Å²) in [5.41, 5.74) is 0.131. The van der Waals surface area contributed by atoms with Crippen molar-refractivity contribution in [2.75, 3.05) is 5.75 Å². The first-order valence-corrected chi connectivity index (χ1v) is 7.26. The molecule has 2 aromatic heterocycles. The molecule has 6 nitrogen and oxygen atoms in total. The summed E-state index contributed by atoms with van der Waals surface area (Å²) < 4.78 is 3.29. The van der Waals surface area contributed by atoms with Crippen molar-refractivity contribution >= 4 is 22.9 Å². The van der Waals surface area contributed by atoms with Crippen LogP contribution >= 0.6 is 11.8 Å². The molecule has 0 aromatic carbocycles. The van der Waals surface area contributed by atoms with Gasteiger partial charge in [-0.1, -0.05) is 32.5 Å². The maximum absolute atomic E-state index is 12.0. The van der Waals surface area contributed by atoms with Gasteiger partial charge in [0.1, 0.15) is 0 Å². The number of aryl methyl sites for hydroxylation is 1. The first-order chi connectivity index (χ1) is 8.95. The van der Waals surface area contributed by atoms with Crippen LogP contribution in [0, 0.1) is 5.92 Å². The Morgan fingerprint density at radius 3 is 2.63 bits per heavy atom. The molecule has 104 valence electrons. The van der Waals surface area contributed by atoms with Crippen LogP contribution in [-0.4, -0.2) is 24.9 Å². The average Bonchev–Trinajstić information content (AvgIpc) is 2.66. The Kier molecular flexibility index (Phi) is 3.84. The van der Waals surface area contributed by atoms with E-state index in [4.69, 9.17) is 0 Å². The van der Waals surface area contributed by atoms with Crippen LogP contribution in [0.3, 0.4) is 0 Å². The molecule has 0 radical (unpaired) electrons. The zero-order valence-electron chi connectivity index (χ0n) is 11.6. The molecule has 19 heavy (non-hydrogen) atoms. The van der Waals surface area contributed by atoms with Crippen LogP contribution in [0.4, 0.5) is 0 Å². The van der Waals surface area contributed by atoms with Gasteiger partial charge in [0.2, 0.25) is 0 Å². The highest BCUT2D eigenvalue weighted by Gasteiger charge is 2.17. The molecule has 0 aliphatic heterocycles. The van der Waals surface area contributed by atoms with E-state index in [2.05, 4.69) is 23.8 Å². The Balaban J connectivity index is 2.81. The molecule has 0 spiro atoms. The van der Waals surface area contributed by atoms with Gasteiger partial charge >= 0.3 is 5.69 Å². The third-order valence-electron chi connectivity index (χ3n) is 2.79. The van der Waals surface area contributed by atoms with Gasteiger partial charge in [-0.15, -0.1) is 0 Å². The van der Waals surface area contributed by atoms with Crippen molar-refractivity contribution in [1.29, 1.82) is 0 Å². The second-order valence-electron chi connectivity index (χ2n) is 4.82. The summed E-state index contributed by atoms with van der Waals surface area (Å²) in [6.45, 7) is 6.91. The lowest BCUT2D eigenvalue weighted by Gasteiger charge is -2.10. The van der Waals surface area contributed by atoms with Gasteiger partial charge in [-0.2, -0.15) is 0 Å². The van der Waals surface area contributed by atoms with Crippen LogP contribution in [0.25, 0.3) is 11.2 Å². The highest BCUT2D eigenvalue weighted by Crippen LogP contribution is 2.22. The molecule has 2 aromatic rings. The lowest BCUT2D eigenvalue weighted by Crippen LogP contribution is -2.29. The zero-order chi connectivity index (χ0) is 14.2. The SMILES string of the molecule is CCSc1nc2c(c(=O)[nH]c(=O)n2C)n1CC(C)C. The summed E-state index contributed by atoms with van der Waals surface area (Å²) in [6.07, 6.45) is 0. The third kappa shape index (κ3) is 2.47. The predicted octanol–water partition coefficient (Wildman–Crippen LogP) is 1.19. The second-order valence-corrected chi connectivity index (χ2v) is 6.05. The summed E-state index contributed by atoms with van der Waals surface area (Å²) in [5.74, 6) is 1.26. The molecule has 0 bridgehead atoms. The minimum atomic E-state index is -0.431. The number of hydrogen-bond acceptors (Lipinski definition) is 4. The second kappa shape index (κ2) is 5.24. The summed E-state index contributed by atoms with van der Waals surface area (Å²) in [7, 11) is 1.62.